The summed E-state index contributed by atoms with van der Waals surface area (Å²) in [5.74, 6) is 1.38. The van der Waals surface area contributed by atoms with Gasteiger partial charge in [0, 0.05) is 28.4 Å². The highest BCUT2D eigenvalue weighted by molar-refractivity contribution is 7.99. The summed E-state index contributed by atoms with van der Waals surface area (Å²) >= 11 is 3.21. The van der Waals surface area contributed by atoms with E-state index in [4.69, 9.17) is 0 Å². The molecule has 0 bridgehead atoms. The minimum Gasteiger partial charge on any atom is -0.353 e. The van der Waals surface area contributed by atoms with Gasteiger partial charge in [0.15, 0.2) is 11.0 Å². The molecule has 0 aromatic carbocycles. The van der Waals surface area contributed by atoms with Crippen LogP contribution in [0.3, 0.4) is 0 Å². The molecule has 2 heterocycles. The summed E-state index contributed by atoms with van der Waals surface area (Å²) in [6, 6.07) is 2.58. The summed E-state index contributed by atoms with van der Waals surface area (Å²) in [5, 5.41) is 14.5. The van der Waals surface area contributed by atoms with Gasteiger partial charge >= 0.3 is 0 Å². The Kier molecular flexibility index (Phi) is 4.83. The Morgan fingerprint density at radius 2 is 2.27 bits per heavy atom. The normalized spacial score (nSPS) is 14.3. The first-order chi connectivity index (χ1) is 10.7. The first-order valence-electron chi connectivity index (χ1n) is 7.64. The average Bonchev–Trinajstić information content (AvgIpc) is 3.06. The molecule has 1 saturated carbocycles. The zero-order valence-corrected chi connectivity index (χ0v) is 14.5. The number of hydrogen-bond acceptors (Lipinski definition) is 5. The molecule has 2 aromatic rings. The van der Waals surface area contributed by atoms with Crippen molar-refractivity contribution in [3.05, 3.63) is 16.3 Å². The number of aromatic nitrogens is 3. The van der Waals surface area contributed by atoms with Crippen LogP contribution in [0.25, 0.3) is 11.4 Å². The van der Waals surface area contributed by atoms with E-state index in [1.165, 1.54) is 16.6 Å². The van der Waals surface area contributed by atoms with Crippen molar-refractivity contribution in [2.45, 2.75) is 50.9 Å². The summed E-state index contributed by atoms with van der Waals surface area (Å²) in [6.45, 7) is 5.03. The van der Waals surface area contributed by atoms with Crippen LogP contribution in [0, 0.1) is 0 Å². The molecule has 0 saturated heterocycles. The van der Waals surface area contributed by atoms with Crippen LogP contribution in [0.2, 0.25) is 0 Å². The lowest BCUT2D eigenvalue weighted by atomic mass is 10.2. The summed E-state index contributed by atoms with van der Waals surface area (Å²) in [4.78, 5) is 13.1. The van der Waals surface area contributed by atoms with Crippen molar-refractivity contribution in [1.29, 1.82) is 0 Å². The number of carbonyl (C=O) groups excluding carboxylic acids is 1. The highest BCUT2D eigenvalue weighted by Crippen LogP contribution is 2.28. The van der Waals surface area contributed by atoms with Gasteiger partial charge in [-0.1, -0.05) is 18.7 Å². The Labute approximate surface area is 138 Å². The molecule has 0 aliphatic heterocycles. The molecule has 22 heavy (non-hydrogen) atoms. The molecular weight excluding hydrogens is 316 g/mol. The number of hydrogen-bond donors (Lipinski definition) is 1. The molecule has 1 amide bonds. The van der Waals surface area contributed by atoms with Crippen LogP contribution in [0.5, 0.6) is 0 Å². The lowest BCUT2D eigenvalue weighted by Crippen LogP contribution is -2.27. The van der Waals surface area contributed by atoms with Crippen LogP contribution in [0.15, 0.2) is 16.6 Å². The standard InChI is InChI=1S/C15H20N4OS2/c1-3-12-7-10(8-21-12)14-17-18-15(19(14)4-2)22-9-13(20)16-11-5-6-11/h7-8,11H,3-6,9H2,1-2H3,(H,16,20). The highest BCUT2D eigenvalue weighted by atomic mass is 32.2. The van der Waals surface area contributed by atoms with Gasteiger partial charge in [-0.3, -0.25) is 4.79 Å². The predicted molar refractivity (Wildman–Crippen MR) is 90.3 cm³/mol. The molecule has 5 nitrogen and oxygen atoms in total. The van der Waals surface area contributed by atoms with E-state index < -0.39 is 0 Å². The first-order valence-corrected chi connectivity index (χ1v) is 9.51. The predicted octanol–water partition coefficient (Wildman–Crippen LogP) is 2.96. The van der Waals surface area contributed by atoms with Crippen LogP contribution >= 0.6 is 23.1 Å². The number of nitrogens with zero attached hydrogens (tertiary/aromatic N) is 3. The Balaban J connectivity index is 1.70. The van der Waals surface area contributed by atoms with Crippen molar-refractivity contribution in [3.8, 4) is 11.4 Å². The average molecular weight is 336 g/mol. The van der Waals surface area contributed by atoms with E-state index in [0.29, 0.717) is 11.8 Å². The van der Waals surface area contributed by atoms with E-state index in [-0.39, 0.29) is 5.91 Å². The molecule has 7 heteroatoms. The quantitative estimate of drug-likeness (QED) is 0.790. The number of rotatable bonds is 7. The summed E-state index contributed by atoms with van der Waals surface area (Å²) in [6.07, 6.45) is 3.26. The van der Waals surface area contributed by atoms with Gasteiger partial charge in [-0.2, -0.15) is 0 Å². The molecule has 3 rings (SSSR count). The largest absolute Gasteiger partial charge is 0.353 e. The number of thioether (sulfide) groups is 1. The summed E-state index contributed by atoms with van der Waals surface area (Å²) in [5.41, 5.74) is 1.12. The van der Waals surface area contributed by atoms with Crippen LogP contribution in [0.4, 0.5) is 0 Å². The van der Waals surface area contributed by atoms with E-state index in [9.17, 15) is 4.79 Å². The van der Waals surface area contributed by atoms with Crippen molar-refractivity contribution in [3.63, 3.8) is 0 Å². The van der Waals surface area contributed by atoms with Gasteiger partial charge < -0.3 is 9.88 Å². The van der Waals surface area contributed by atoms with Crippen molar-refractivity contribution < 1.29 is 4.79 Å². The summed E-state index contributed by atoms with van der Waals surface area (Å²) < 4.78 is 2.08. The second-order valence-electron chi connectivity index (χ2n) is 5.34. The van der Waals surface area contributed by atoms with Gasteiger partial charge in [0.2, 0.25) is 5.91 Å². The van der Waals surface area contributed by atoms with Crippen molar-refractivity contribution in [2.75, 3.05) is 5.75 Å². The van der Waals surface area contributed by atoms with Gasteiger partial charge in [-0.25, -0.2) is 0 Å². The molecule has 0 spiro atoms. The third-order valence-corrected chi connectivity index (χ3v) is 5.62. The minimum atomic E-state index is 0.0866. The van der Waals surface area contributed by atoms with Crippen molar-refractivity contribution in [2.24, 2.45) is 0 Å². The zero-order valence-electron chi connectivity index (χ0n) is 12.8. The van der Waals surface area contributed by atoms with Gasteiger partial charge in [0.25, 0.3) is 0 Å². The second kappa shape index (κ2) is 6.83. The van der Waals surface area contributed by atoms with Crippen LogP contribution in [0.1, 0.15) is 31.6 Å². The maximum Gasteiger partial charge on any atom is 0.230 e. The number of nitrogens with one attached hydrogen (secondary N) is 1. The topological polar surface area (TPSA) is 59.8 Å². The van der Waals surface area contributed by atoms with E-state index in [2.05, 4.69) is 45.4 Å². The molecule has 1 fully saturated rings. The molecule has 1 aliphatic carbocycles. The summed E-state index contributed by atoms with van der Waals surface area (Å²) in [7, 11) is 0. The molecule has 118 valence electrons. The third-order valence-electron chi connectivity index (χ3n) is 3.57. The van der Waals surface area contributed by atoms with Crippen LogP contribution in [-0.2, 0) is 17.8 Å². The fraction of sp³-hybridized carbons (Fsp3) is 0.533. The molecule has 0 radical (unpaired) electrons. The number of thiophene rings is 1. The monoisotopic (exact) mass is 336 g/mol. The van der Waals surface area contributed by atoms with Gasteiger partial charge in [-0.05, 0) is 32.3 Å². The van der Waals surface area contributed by atoms with Gasteiger partial charge in [0.05, 0.1) is 5.75 Å². The Hall–Kier alpha value is -1.34. The Bertz CT molecular complexity index is 660. The fourth-order valence-electron chi connectivity index (χ4n) is 2.20. The lowest BCUT2D eigenvalue weighted by molar-refractivity contribution is -0.118. The second-order valence-corrected chi connectivity index (χ2v) is 7.27. The number of aryl methyl sites for hydroxylation is 1. The highest BCUT2D eigenvalue weighted by Gasteiger charge is 2.23. The molecular formula is C15H20N4OS2. The van der Waals surface area contributed by atoms with Crippen LogP contribution < -0.4 is 5.32 Å². The number of amides is 1. The zero-order chi connectivity index (χ0) is 15.5. The Morgan fingerprint density at radius 3 is 2.91 bits per heavy atom. The van der Waals surface area contributed by atoms with Gasteiger partial charge in [0.1, 0.15) is 0 Å². The fourth-order valence-corrected chi connectivity index (χ4v) is 3.83. The van der Waals surface area contributed by atoms with E-state index in [1.807, 2.05) is 0 Å². The molecule has 1 aliphatic rings. The SMILES string of the molecule is CCc1cc(-c2nnc(SCC(=O)NC3CC3)n2CC)cs1. The van der Waals surface area contributed by atoms with Crippen molar-refractivity contribution >= 4 is 29.0 Å². The Morgan fingerprint density at radius 1 is 1.45 bits per heavy atom. The molecule has 0 atom stereocenters. The number of carbonyl (C=O) groups is 1. The van der Waals surface area contributed by atoms with Crippen molar-refractivity contribution in [1.82, 2.24) is 20.1 Å². The minimum absolute atomic E-state index is 0.0866. The van der Waals surface area contributed by atoms with E-state index in [1.54, 1.807) is 11.3 Å². The lowest BCUT2D eigenvalue weighted by Gasteiger charge is -2.06. The molecule has 0 unspecified atom stereocenters. The van der Waals surface area contributed by atoms with Gasteiger partial charge in [-0.15, -0.1) is 21.5 Å². The molecule has 2 aromatic heterocycles. The first kappa shape index (κ1) is 15.6. The van der Waals surface area contributed by atoms with E-state index in [0.717, 1.165) is 42.4 Å². The van der Waals surface area contributed by atoms with Crippen LogP contribution in [-0.4, -0.2) is 32.5 Å². The third kappa shape index (κ3) is 3.52. The smallest absolute Gasteiger partial charge is 0.230 e. The maximum atomic E-state index is 11.8. The maximum absolute atomic E-state index is 11.8. The molecule has 1 N–H and O–H groups in total. The van der Waals surface area contributed by atoms with E-state index >= 15 is 0 Å².